The van der Waals surface area contributed by atoms with Crippen molar-refractivity contribution in [2.75, 3.05) is 5.75 Å². The second-order valence-electron chi connectivity index (χ2n) is 4.06. The molecule has 1 N–H and O–H groups in total. The lowest BCUT2D eigenvalue weighted by Gasteiger charge is -2.15. The average molecular weight is 218 g/mol. The first-order chi connectivity index (χ1) is 6.56. The molecule has 0 aliphatic rings. The first-order valence-electron chi connectivity index (χ1n) is 5.39. The van der Waals surface area contributed by atoms with Gasteiger partial charge >= 0.3 is 5.97 Å². The van der Waals surface area contributed by atoms with Gasteiger partial charge in [0.1, 0.15) is 0 Å². The summed E-state index contributed by atoms with van der Waals surface area (Å²) in [6.45, 7) is 6.50. The summed E-state index contributed by atoms with van der Waals surface area (Å²) in [5, 5.41) is 9.05. The molecular weight excluding hydrogens is 196 g/mol. The topological polar surface area (TPSA) is 37.3 Å². The Bertz CT molecular complexity index is 157. The number of carbonyl (C=O) groups is 1. The Labute approximate surface area is 91.5 Å². The molecular formula is C11H22O2S. The molecule has 0 radical (unpaired) electrons. The normalized spacial score (nSPS) is 13.1. The van der Waals surface area contributed by atoms with E-state index in [0.717, 1.165) is 25.0 Å². The Balaban J connectivity index is 3.78. The van der Waals surface area contributed by atoms with E-state index in [-0.39, 0.29) is 0 Å². The van der Waals surface area contributed by atoms with Gasteiger partial charge in [-0.3, -0.25) is 4.79 Å². The molecule has 0 aromatic carbocycles. The van der Waals surface area contributed by atoms with Crippen LogP contribution >= 0.6 is 11.8 Å². The minimum atomic E-state index is -0.664. The number of carboxylic acid groups (broad SMARTS) is 1. The van der Waals surface area contributed by atoms with Crippen molar-refractivity contribution in [2.45, 2.75) is 51.7 Å². The smallest absolute Gasteiger partial charge is 0.304 e. The number of rotatable bonds is 8. The van der Waals surface area contributed by atoms with Gasteiger partial charge in [-0.25, -0.2) is 0 Å². The van der Waals surface area contributed by atoms with Crippen molar-refractivity contribution in [3.8, 4) is 0 Å². The number of carboxylic acids is 1. The van der Waals surface area contributed by atoms with Gasteiger partial charge in [-0.1, -0.05) is 20.8 Å². The molecule has 0 aromatic rings. The van der Waals surface area contributed by atoms with Gasteiger partial charge in [-0.2, -0.15) is 11.8 Å². The summed E-state index contributed by atoms with van der Waals surface area (Å²) in [5.41, 5.74) is 0. The molecule has 0 spiro atoms. The molecule has 0 saturated carbocycles. The number of hydrogen-bond acceptors (Lipinski definition) is 2. The quantitative estimate of drug-likeness (QED) is 0.678. The second kappa shape index (κ2) is 8.16. The third-order valence-electron chi connectivity index (χ3n) is 2.03. The second-order valence-corrected chi connectivity index (χ2v) is 5.47. The van der Waals surface area contributed by atoms with Crippen molar-refractivity contribution in [2.24, 2.45) is 5.92 Å². The molecule has 0 heterocycles. The summed E-state index contributed by atoms with van der Waals surface area (Å²) < 4.78 is 0. The van der Waals surface area contributed by atoms with Crippen LogP contribution in [0.5, 0.6) is 0 Å². The van der Waals surface area contributed by atoms with Gasteiger partial charge in [0, 0.05) is 5.25 Å². The lowest BCUT2D eigenvalue weighted by molar-refractivity contribution is -0.137. The first kappa shape index (κ1) is 13.8. The highest BCUT2D eigenvalue weighted by molar-refractivity contribution is 7.99. The van der Waals surface area contributed by atoms with Crippen LogP contribution in [0.1, 0.15) is 46.5 Å². The van der Waals surface area contributed by atoms with Crippen LogP contribution in [0.3, 0.4) is 0 Å². The predicted molar refractivity (Wildman–Crippen MR) is 62.9 cm³/mol. The van der Waals surface area contributed by atoms with Crippen molar-refractivity contribution in [1.82, 2.24) is 0 Å². The van der Waals surface area contributed by atoms with E-state index in [9.17, 15) is 4.79 Å². The summed E-state index contributed by atoms with van der Waals surface area (Å²) in [5.74, 6) is 1.09. The fourth-order valence-electron chi connectivity index (χ4n) is 1.24. The summed E-state index contributed by atoms with van der Waals surface area (Å²) in [4.78, 5) is 10.6. The van der Waals surface area contributed by atoms with Crippen molar-refractivity contribution >= 4 is 17.7 Å². The van der Waals surface area contributed by atoms with E-state index in [1.807, 2.05) is 11.8 Å². The SMILES string of the molecule is CCCSC(CCC(C)C)CC(=O)O. The van der Waals surface area contributed by atoms with Gasteiger partial charge in [0.15, 0.2) is 0 Å². The third-order valence-corrected chi connectivity index (χ3v) is 3.54. The van der Waals surface area contributed by atoms with Crippen LogP contribution in [0.4, 0.5) is 0 Å². The number of hydrogen-bond donors (Lipinski definition) is 1. The van der Waals surface area contributed by atoms with Crippen LogP contribution in [0.15, 0.2) is 0 Å². The zero-order valence-electron chi connectivity index (χ0n) is 9.45. The van der Waals surface area contributed by atoms with Crippen LogP contribution in [-0.4, -0.2) is 22.1 Å². The van der Waals surface area contributed by atoms with Gasteiger partial charge in [0.05, 0.1) is 6.42 Å². The van der Waals surface area contributed by atoms with Crippen LogP contribution in [0.25, 0.3) is 0 Å². The molecule has 0 aromatic heterocycles. The molecule has 84 valence electrons. The van der Waals surface area contributed by atoms with Crippen LogP contribution in [0.2, 0.25) is 0 Å². The molecule has 0 saturated heterocycles. The molecule has 14 heavy (non-hydrogen) atoms. The highest BCUT2D eigenvalue weighted by Gasteiger charge is 2.13. The standard InChI is InChI=1S/C11H22O2S/c1-4-7-14-10(8-11(12)13)6-5-9(2)3/h9-10H,4-8H2,1-3H3,(H,12,13). The fraction of sp³-hybridized carbons (Fsp3) is 0.909. The molecule has 0 rings (SSSR count). The Morgan fingerprint density at radius 1 is 1.36 bits per heavy atom. The van der Waals surface area contributed by atoms with E-state index in [1.165, 1.54) is 0 Å². The lowest BCUT2D eigenvalue weighted by atomic mass is 10.1. The van der Waals surface area contributed by atoms with Gasteiger partial charge in [-0.05, 0) is 30.9 Å². The van der Waals surface area contributed by atoms with Crippen molar-refractivity contribution in [3.63, 3.8) is 0 Å². The van der Waals surface area contributed by atoms with E-state index >= 15 is 0 Å². The Morgan fingerprint density at radius 2 is 2.00 bits per heavy atom. The third kappa shape index (κ3) is 8.42. The highest BCUT2D eigenvalue weighted by Crippen LogP contribution is 2.22. The minimum Gasteiger partial charge on any atom is -0.481 e. The lowest BCUT2D eigenvalue weighted by Crippen LogP contribution is -2.11. The van der Waals surface area contributed by atoms with Crippen molar-refractivity contribution in [3.05, 3.63) is 0 Å². The number of thioether (sulfide) groups is 1. The van der Waals surface area contributed by atoms with E-state index in [1.54, 1.807) is 0 Å². The highest BCUT2D eigenvalue weighted by atomic mass is 32.2. The molecule has 0 aliphatic heterocycles. The predicted octanol–water partition coefficient (Wildman–Crippen LogP) is 3.41. The van der Waals surface area contributed by atoms with Crippen molar-refractivity contribution < 1.29 is 9.90 Å². The molecule has 2 nitrogen and oxygen atoms in total. The van der Waals surface area contributed by atoms with Gasteiger partial charge in [-0.15, -0.1) is 0 Å². The molecule has 0 bridgehead atoms. The minimum absolute atomic E-state index is 0.315. The fourth-order valence-corrected chi connectivity index (χ4v) is 2.38. The van der Waals surface area contributed by atoms with Gasteiger partial charge in [0.25, 0.3) is 0 Å². The summed E-state index contributed by atoms with van der Waals surface area (Å²) in [6, 6.07) is 0. The largest absolute Gasteiger partial charge is 0.481 e. The summed E-state index contributed by atoms with van der Waals surface area (Å²) >= 11 is 1.81. The molecule has 0 aliphatic carbocycles. The summed E-state index contributed by atoms with van der Waals surface area (Å²) in [7, 11) is 0. The zero-order chi connectivity index (χ0) is 11.0. The maximum Gasteiger partial charge on any atom is 0.304 e. The van der Waals surface area contributed by atoms with Crippen LogP contribution in [-0.2, 0) is 4.79 Å². The average Bonchev–Trinajstić information content (AvgIpc) is 2.09. The van der Waals surface area contributed by atoms with Gasteiger partial charge < -0.3 is 5.11 Å². The van der Waals surface area contributed by atoms with E-state index in [2.05, 4.69) is 20.8 Å². The summed E-state index contributed by atoms with van der Waals surface area (Å²) in [6.07, 6.45) is 3.61. The first-order valence-corrected chi connectivity index (χ1v) is 6.44. The number of aliphatic carboxylic acids is 1. The van der Waals surface area contributed by atoms with Gasteiger partial charge in [0.2, 0.25) is 0 Å². The Hall–Kier alpha value is -0.180. The maximum absolute atomic E-state index is 10.6. The molecule has 3 heteroatoms. The van der Waals surface area contributed by atoms with Crippen LogP contribution in [0, 0.1) is 5.92 Å². The van der Waals surface area contributed by atoms with E-state index in [4.69, 9.17) is 5.11 Å². The van der Waals surface area contributed by atoms with Crippen molar-refractivity contribution in [1.29, 1.82) is 0 Å². The molecule has 1 unspecified atom stereocenters. The van der Waals surface area contributed by atoms with Crippen LogP contribution < -0.4 is 0 Å². The van der Waals surface area contributed by atoms with E-state index < -0.39 is 5.97 Å². The zero-order valence-corrected chi connectivity index (χ0v) is 10.3. The monoisotopic (exact) mass is 218 g/mol. The molecule has 1 atom stereocenters. The maximum atomic E-state index is 10.6. The Kier molecular flexibility index (Phi) is 8.05. The Morgan fingerprint density at radius 3 is 2.43 bits per heavy atom. The van der Waals surface area contributed by atoms with E-state index in [0.29, 0.717) is 17.6 Å². The molecule has 0 fully saturated rings. The molecule has 0 amide bonds.